The van der Waals surface area contributed by atoms with E-state index in [0.29, 0.717) is 6.42 Å². The lowest BCUT2D eigenvalue weighted by molar-refractivity contribution is 0.217. The molecule has 0 aromatic rings. The molecule has 0 saturated heterocycles. The van der Waals surface area contributed by atoms with Gasteiger partial charge in [-0.15, -0.1) is 0 Å². The third-order valence-electron chi connectivity index (χ3n) is 2.42. The lowest BCUT2D eigenvalue weighted by Crippen LogP contribution is -2.32. The molecule has 2 heteroatoms. The highest BCUT2D eigenvalue weighted by molar-refractivity contribution is 14.1. The molecule has 0 bridgehead atoms. The second-order valence-electron chi connectivity index (χ2n) is 3.63. The van der Waals surface area contributed by atoms with Crippen molar-refractivity contribution in [1.82, 2.24) is 0 Å². The van der Waals surface area contributed by atoms with Crippen LogP contribution in [0.1, 0.15) is 45.4 Å². The van der Waals surface area contributed by atoms with Gasteiger partial charge in [0, 0.05) is 6.42 Å². The molecule has 0 nitrogen and oxygen atoms in total. The van der Waals surface area contributed by atoms with Crippen LogP contribution in [0.3, 0.4) is 0 Å². The average molecular weight is 294 g/mol. The van der Waals surface area contributed by atoms with Crippen LogP contribution in [0.5, 0.6) is 0 Å². The molecule has 74 valence electrons. The van der Waals surface area contributed by atoms with Gasteiger partial charge in [0.05, 0.1) is 3.92 Å². The maximum absolute atomic E-state index is 14.2. The van der Waals surface area contributed by atoms with Crippen LogP contribution in [0.25, 0.3) is 0 Å². The van der Waals surface area contributed by atoms with E-state index in [4.69, 9.17) is 0 Å². The van der Waals surface area contributed by atoms with Gasteiger partial charge in [0.2, 0.25) is 0 Å². The summed E-state index contributed by atoms with van der Waals surface area (Å²) in [5.74, 6) is 5.79. The van der Waals surface area contributed by atoms with Crippen molar-refractivity contribution in [1.29, 1.82) is 0 Å². The van der Waals surface area contributed by atoms with Crippen molar-refractivity contribution >= 4 is 22.6 Å². The number of rotatable bonds is 2. The predicted octanol–water partition coefficient (Wildman–Crippen LogP) is 3.88. The third kappa shape index (κ3) is 3.12. The molecule has 0 amide bonds. The number of halogens is 2. The van der Waals surface area contributed by atoms with Gasteiger partial charge in [-0.1, -0.05) is 54.2 Å². The normalized spacial score (nSPS) is 34.2. The summed E-state index contributed by atoms with van der Waals surface area (Å²) in [5.41, 5.74) is -1.21. The molecule has 1 aliphatic carbocycles. The third-order valence-corrected chi connectivity index (χ3v) is 4.03. The van der Waals surface area contributed by atoms with E-state index in [9.17, 15) is 4.39 Å². The van der Waals surface area contributed by atoms with Crippen molar-refractivity contribution in [3.05, 3.63) is 0 Å². The second-order valence-corrected chi connectivity index (χ2v) is 5.13. The fraction of sp³-hybridized carbons (Fsp3) is 0.818. The monoisotopic (exact) mass is 294 g/mol. The Labute approximate surface area is 93.8 Å². The highest BCUT2D eigenvalue weighted by atomic mass is 127. The smallest absolute Gasteiger partial charge is 0.182 e. The van der Waals surface area contributed by atoms with Crippen LogP contribution in [0.15, 0.2) is 0 Å². The van der Waals surface area contributed by atoms with E-state index in [1.165, 1.54) is 0 Å². The van der Waals surface area contributed by atoms with Crippen molar-refractivity contribution in [3.8, 4) is 11.8 Å². The molecular formula is C11H16FI. The van der Waals surface area contributed by atoms with Crippen LogP contribution in [0, 0.1) is 11.8 Å². The largest absolute Gasteiger partial charge is 0.229 e. The van der Waals surface area contributed by atoms with E-state index in [2.05, 4.69) is 34.4 Å². The van der Waals surface area contributed by atoms with Gasteiger partial charge in [-0.05, 0) is 19.3 Å². The van der Waals surface area contributed by atoms with Crippen LogP contribution >= 0.6 is 22.6 Å². The van der Waals surface area contributed by atoms with Crippen LogP contribution in [0.2, 0.25) is 0 Å². The summed E-state index contributed by atoms with van der Waals surface area (Å²) in [6.45, 7) is 2.02. The lowest BCUT2D eigenvalue weighted by atomic mass is 9.91. The van der Waals surface area contributed by atoms with Crippen LogP contribution in [-0.2, 0) is 0 Å². The molecule has 0 heterocycles. The molecule has 0 aromatic carbocycles. The Balaban J connectivity index is 2.74. The first-order valence-electron chi connectivity index (χ1n) is 5.02. The highest BCUT2D eigenvalue weighted by Crippen LogP contribution is 2.32. The summed E-state index contributed by atoms with van der Waals surface area (Å²) >= 11 is 2.22. The minimum Gasteiger partial charge on any atom is -0.229 e. The van der Waals surface area contributed by atoms with E-state index >= 15 is 0 Å². The Bertz CT molecular complexity index is 216. The van der Waals surface area contributed by atoms with Crippen molar-refractivity contribution in [2.45, 2.75) is 55.0 Å². The number of hydrogen-bond acceptors (Lipinski definition) is 0. The van der Waals surface area contributed by atoms with E-state index in [1.54, 1.807) is 0 Å². The first-order chi connectivity index (χ1) is 6.19. The topological polar surface area (TPSA) is 0 Å². The first kappa shape index (κ1) is 11.3. The van der Waals surface area contributed by atoms with Crippen LogP contribution < -0.4 is 0 Å². The highest BCUT2D eigenvalue weighted by Gasteiger charge is 2.34. The van der Waals surface area contributed by atoms with Gasteiger partial charge >= 0.3 is 0 Å². The Morgan fingerprint density at radius 1 is 1.54 bits per heavy atom. The van der Waals surface area contributed by atoms with Crippen LogP contribution in [0.4, 0.5) is 4.39 Å². The Hall–Kier alpha value is 0.220. The minimum atomic E-state index is -1.21. The molecule has 0 fully saturated rings. The van der Waals surface area contributed by atoms with Gasteiger partial charge in [0.1, 0.15) is 0 Å². The lowest BCUT2D eigenvalue weighted by Gasteiger charge is -2.26. The summed E-state index contributed by atoms with van der Waals surface area (Å²) in [6, 6.07) is 0. The zero-order chi connectivity index (χ0) is 9.73. The fourth-order valence-corrected chi connectivity index (χ4v) is 2.54. The van der Waals surface area contributed by atoms with Crippen LogP contribution in [-0.4, -0.2) is 9.59 Å². The zero-order valence-corrected chi connectivity index (χ0v) is 10.2. The summed E-state index contributed by atoms with van der Waals surface area (Å²) in [6.07, 6.45) is 5.58. The number of hydrogen-bond donors (Lipinski definition) is 0. The zero-order valence-electron chi connectivity index (χ0n) is 8.08. The Morgan fingerprint density at radius 3 is 3.00 bits per heavy atom. The second kappa shape index (κ2) is 5.19. The van der Waals surface area contributed by atoms with Gasteiger partial charge in [-0.3, -0.25) is 0 Å². The molecular weight excluding hydrogens is 278 g/mol. The molecule has 2 unspecified atom stereocenters. The number of alkyl halides is 2. The quantitative estimate of drug-likeness (QED) is 0.412. The van der Waals surface area contributed by atoms with E-state index in [-0.39, 0.29) is 3.92 Å². The standard InChI is InChI=1S/C11H16FI/c1-2-8-11(12)9-6-4-3-5-7-10(11)13/h10H,2-5,7-8H2,1H3. The Kier molecular flexibility index (Phi) is 4.51. The molecule has 0 aromatic heterocycles. The molecule has 0 saturated carbocycles. The molecule has 1 rings (SSSR count). The predicted molar refractivity (Wildman–Crippen MR) is 62.8 cm³/mol. The van der Waals surface area contributed by atoms with Gasteiger partial charge in [0.15, 0.2) is 5.67 Å². The van der Waals surface area contributed by atoms with Crippen molar-refractivity contribution in [2.24, 2.45) is 0 Å². The van der Waals surface area contributed by atoms with E-state index < -0.39 is 5.67 Å². The van der Waals surface area contributed by atoms with E-state index in [0.717, 1.165) is 32.1 Å². The molecule has 1 aliphatic rings. The van der Waals surface area contributed by atoms with Gasteiger partial charge in [-0.2, -0.15) is 0 Å². The molecule has 0 N–H and O–H groups in total. The molecule has 13 heavy (non-hydrogen) atoms. The van der Waals surface area contributed by atoms with Gasteiger partial charge in [-0.25, -0.2) is 4.39 Å². The first-order valence-corrected chi connectivity index (χ1v) is 6.26. The van der Waals surface area contributed by atoms with Crippen molar-refractivity contribution in [2.75, 3.05) is 0 Å². The summed E-state index contributed by atoms with van der Waals surface area (Å²) in [7, 11) is 0. The molecule has 0 radical (unpaired) electrons. The fourth-order valence-electron chi connectivity index (χ4n) is 1.64. The molecule has 0 spiro atoms. The van der Waals surface area contributed by atoms with Crippen molar-refractivity contribution in [3.63, 3.8) is 0 Å². The maximum Gasteiger partial charge on any atom is 0.182 e. The summed E-state index contributed by atoms with van der Waals surface area (Å²) in [5, 5.41) is 0. The maximum atomic E-state index is 14.2. The average Bonchev–Trinajstić information content (AvgIpc) is 2.09. The van der Waals surface area contributed by atoms with Gasteiger partial charge in [0.25, 0.3) is 0 Å². The minimum absolute atomic E-state index is 0.0813. The van der Waals surface area contributed by atoms with Gasteiger partial charge < -0.3 is 0 Å². The molecule has 0 aliphatic heterocycles. The summed E-state index contributed by atoms with van der Waals surface area (Å²) in [4.78, 5) is 0. The SMILES string of the molecule is CCCC1(F)C#CCCCCC1I. The molecule has 2 atom stereocenters. The Morgan fingerprint density at radius 2 is 2.31 bits per heavy atom. The van der Waals surface area contributed by atoms with E-state index in [1.807, 2.05) is 6.92 Å². The van der Waals surface area contributed by atoms with Crippen molar-refractivity contribution < 1.29 is 4.39 Å². The summed E-state index contributed by atoms with van der Waals surface area (Å²) < 4.78 is 14.3.